The van der Waals surface area contributed by atoms with Crippen molar-refractivity contribution in [1.82, 2.24) is 0 Å². The number of hydrogen-bond donors (Lipinski definition) is 2. The van der Waals surface area contributed by atoms with Gasteiger partial charge in [-0.15, -0.1) is 0 Å². The molecule has 1 amide bonds. The highest BCUT2D eigenvalue weighted by Crippen LogP contribution is 2.27. The second-order valence-corrected chi connectivity index (χ2v) is 5.76. The van der Waals surface area contributed by atoms with Crippen LogP contribution in [0.25, 0.3) is 0 Å². The maximum Gasteiger partial charge on any atom is 0.224 e. The van der Waals surface area contributed by atoms with E-state index in [-0.39, 0.29) is 5.91 Å². The predicted octanol–water partition coefficient (Wildman–Crippen LogP) is 4.34. The minimum absolute atomic E-state index is 0.0672. The summed E-state index contributed by atoms with van der Waals surface area (Å²) in [7, 11) is 0. The molecule has 2 rings (SSSR count). The molecule has 1 aromatic carbocycles. The highest BCUT2D eigenvalue weighted by Gasteiger charge is 2.13. The lowest BCUT2D eigenvalue weighted by molar-refractivity contribution is -0.115. The topological polar surface area (TPSA) is 41.1 Å². The molecule has 1 aromatic rings. The smallest absolute Gasteiger partial charge is 0.224 e. The van der Waals surface area contributed by atoms with Crippen molar-refractivity contribution in [1.29, 1.82) is 0 Å². The Hall–Kier alpha value is -1.51. The Morgan fingerprint density at radius 3 is 2.60 bits per heavy atom. The van der Waals surface area contributed by atoms with Gasteiger partial charge < -0.3 is 10.6 Å². The Kier molecular flexibility index (Phi) is 5.45. The summed E-state index contributed by atoms with van der Waals surface area (Å²) in [5, 5.41) is 6.52. The Morgan fingerprint density at radius 1 is 1.20 bits per heavy atom. The van der Waals surface area contributed by atoms with Gasteiger partial charge in [-0.2, -0.15) is 0 Å². The first-order valence-corrected chi connectivity index (χ1v) is 7.84. The van der Waals surface area contributed by atoms with Crippen LogP contribution < -0.4 is 10.6 Å². The molecule has 110 valence electrons. The molecular weight excluding hydrogens is 248 g/mol. The van der Waals surface area contributed by atoms with Gasteiger partial charge in [-0.1, -0.05) is 32.3 Å². The van der Waals surface area contributed by atoms with Gasteiger partial charge in [0.15, 0.2) is 0 Å². The van der Waals surface area contributed by atoms with Gasteiger partial charge in [0.2, 0.25) is 5.91 Å². The van der Waals surface area contributed by atoms with Gasteiger partial charge in [0.25, 0.3) is 0 Å². The maximum atomic E-state index is 11.5. The van der Waals surface area contributed by atoms with Gasteiger partial charge in [0, 0.05) is 24.3 Å². The molecule has 1 saturated carbocycles. The Morgan fingerprint density at radius 2 is 1.90 bits per heavy atom. The Balaban J connectivity index is 1.96. The summed E-state index contributed by atoms with van der Waals surface area (Å²) in [6.07, 6.45) is 7.35. The molecule has 0 radical (unpaired) electrons. The molecule has 0 aromatic heterocycles. The summed E-state index contributed by atoms with van der Waals surface area (Å²) in [6.45, 7) is 4.98. The summed E-state index contributed by atoms with van der Waals surface area (Å²) in [5.74, 6) is 0.870. The van der Waals surface area contributed by atoms with E-state index >= 15 is 0 Å². The van der Waals surface area contributed by atoms with Crippen LogP contribution >= 0.6 is 0 Å². The predicted molar refractivity (Wildman–Crippen MR) is 85.2 cm³/mol. The third-order valence-corrected chi connectivity index (χ3v) is 4.23. The van der Waals surface area contributed by atoms with Crippen molar-refractivity contribution in [3.8, 4) is 0 Å². The summed E-state index contributed by atoms with van der Waals surface area (Å²) < 4.78 is 0. The highest BCUT2D eigenvalue weighted by molar-refractivity contribution is 5.92. The zero-order valence-electron chi connectivity index (χ0n) is 12.7. The summed E-state index contributed by atoms with van der Waals surface area (Å²) in [4.78, 5) is 11.5. The van der Waals surface area contributed by atoms with E-state index < -0.39 is 0 Å². The molecule has 3 heteroatoms. The molecule has 1 aliphatic rings. The van der Waals surface area contributed by atoms with E-state index in [9.17, 15) is 4.79 Å². The van der Waals surface area contributed by atoms with Crippen molar-refractivity contribution in [2.75, 3.05) is 17.2 Å². The Labute approximate surface area is 122 Å². The molecule has 0 bridgehead atoms. The number of benzene rings is 1. The molecule has 1 fully saturated rings. The van der Waals surface area contributed by atoms with E-state index in [2.05, 4.69) is 23.6 Å². The van der Waals surface area contributed by atoms with Crippen LogP contribution in [0, 0.1) is 12.8 Å². The molecule has 20 heavy (non-hydrogen) atoms. The third kappa shape index (κ3) is 3.99. The van der Waals surface area contributed by atoms with Gasteiger partial charge in [-0.05, 0) is 43.4 Å². The van der Waals surface area contributed by atoms with Gasteiger partial charge in [-0.25, -0.2) is 0 Å². The van der Waals surface area contributed by atoms with E-state index in [4.69, 9.17) is 0 Å². The molecule has 3 nitrogen and oxygen atoms in total. The zero-order valence-corrected chi connectivity index (χ0v) is 12.7. The quantitative estimate of drug-likeness (QED) is 0.838. The van der Waals surface area contributed by atoms with Crippen molar-refractivity contribution >= 4 is 17.3 Å². The Bertz CT molecular complexity index is 450. The average molecular weight is 274 g/mol. The van der Waals surface area contributed by atoms with Crippen molar-refractivity contribution in [2.45, 2.75) is 52.4 Å². The number of anilines is 2. The first kappa shape index (κ1) is 14.9. The molecule has 0 saturated heterocycles. The van der Waals surface area contributed by atoms with Gasteiger partial charge in [0.1, 0.15) is 0 Å². The summed E-state index contributed by atoms with van der Waals surface area (Å²) in [6, 6.07) is 6.07. The van der Waals surface area contributed by atoms with Gasteiger partial charge in [-0.3, -0.25) is 4.79 Å². The lowest BCUT2D eigenvalue weighted by Crippen LogP contribution is -2.18. The van der Waals surface area contributed by atoms with Crippen LogP contribution in [-0.4, -0.2) is 12.5 Å². The van der Waals surface area contributed by atoms with Crippen LogP contribution in [0.4, 0.5) is 11.4 Å². The molecular formula is C17H26N2O. The number of hydrogen-bond acceptors (Lipinski definition) is 2. The monoisotopic (exact) mass is 274 g/mol. The minimum Gasteiger partial charge on any atom is -0.384 e. The fraction of sp³-hybridized carbons (Fsp3) is 0.588. The fourth-order valence-corrected chi connectivity index (χ4v) is 2.85. The lowest BCUT2D eigenvalue weighted by atomic mass is 9.89. The van der Waals surface area contributed by atoms with E-state index in [0.29, 0.717) is 6.42 Å². The number of rotatable bonds is 5. The van der Waals surface area contributed by atoms with Crippen LogP contribution in [0.3, 0.4) is 0 Å². The molecule has 0 heterocycles. The largest absolute Gasteiger partial charge is 0.384 e. The first-order valence-electron chi connectivity index (χ1n) is 7.84. The maximum absolute atomic E-state index is 11.5. The van der Waals surface area contributed by atoms with E-state index in [1.54, 1.807) is 0 Å². The second kappa shape index (κ2) is 7.32. The van der Waals surface area contributed by atoms with E-state index in [0.717, 1.165) is 29.4 Å². The SMILES string of the molecule is CCC(=O)Nc1cccc(NCC2CCCCC2)c1C. The van der Waals surface area contributed by atoms with Crippen LogP contribution in [-0.2, 0) is 4.79 Å². The van der Waals surface area contributed by atoms with Crippen LogP contribution in [0.5, 0.6) is 0 Å². The molecule has 0 atom stereocenters. The van der Waals surface area contributed by atoms with Crippen molar-refractivity contribution in [3.05, 3.63) is 23.8 Å². The summed E-state index contributed by atoms with van der Waals surface area (Å²) in [5.41, 5.74) is 3.19. The molecule has 0 unspecified atom stereocenters. The van der Waals surface area contributed by atoms with E-state index in [1.165, 1.54) is 32.1 Å². The minimum atomic E-state index is 0.0672. The van der Waals surface area contributed by atoms with Gasteiger partial charge in [0.05, 0.1) is 0 Å². The van der Waals surface area contributed by atoms with Crippen molar-refractivity contribution in [2.24, 2.45) is 5.92 Å². The van der Waals surface area contributed by atoms with Crippen molar-refractivity contribution < 1.29 is 4.79 Å². The highest BCUT2D eigenvalue weighted by atomic mass is 16.1. The third-order valence-electron chi connectivity index (χ3n) is 4.23. The van der Waals surface area contributed by atoms with E-state index in [1.807, 2.05) is 19.1 Å². The lowest BCUT2D eigenvalue weighted by Gasteiger charge is -2.23. The second-order valence-electron chi connectivity index (χ2n) is 5.76. The standard InChI is InChI=1S/C17H26N2O/c1-3-17(20)19-16-11-7-10-15(13(16)2)18-12-14-8-5-4-6-9-14/h7,10-11,14,18H,3-6,8-9,12H2,1-2H3,(H,19,20). The molecule has 0 aliphatic heterocycles. The van der Waals surface area contributed by atoms with Crippen molar-refractivity contribution in [3.63, 3.8) is 0 Å². The first-order chi connectivity index (χ1) is 9.70. The normalized spacial score (nSPS) is 15.9. The molecule has 0 spiro atoms. The van der Waals surface area contributed by atoms with Crippen LogP contribution in [0.15, 0.2) is 18.2 Å². The number of amides is 1. The number of carbonyl (C=O) groups excluding carboxylic acids is 1. The van der Waals surface area contributed by atoms with Gasteiger partial charge >= 0.3 is 0 Å². The zero-order chi connectivity index (χ0) is 14.4. The van der Waals surface area contributed by atoms with Crippen LogP contribution in [0.2, 0.25) is 0 Å². The molecule has 2 N–H and O–H groups in total. The van der Waals surface area contributed by atoms with Crippen LogP contribution in [0.1, 0.15) is 51.0 Å². The molecule has 1 aliphatic carbocycles. The number of carbonyl (C=O) groups is 1. The number of nitrogens with one attached hydrogen (secondary N) is 2. The average Bonchev–Trinajstić information content (AvgIpc) is 2.49. The fourth-order valence-electron chi connectivity index (χ4n) is 2.85. The summed E-state index contributed by atoms with van der Waals surface area (Å²) >= 11 is 0.